The molecule has 0 amide bonds. The molecule has 0 aliphatic heterocycles. The third-order valence-electron chi connectivity index (χ3n) is 2.80. The van der Waals surface area contributed by atoms with Gasteiger partial charge < -0.3 is 20.9 Å². The number of aromatic nitrogens is 1. The number of hydrogen-bond acceptors (Lipinski definition) is 5. The molecule has 1 aromatic rings. The molecule has 4 N–H and O–H groups in total. The molecule has 94 valence electrons. The summed E-state index contributed by atoms with van der Waals surface area (Å²) in [6.07, 6.45) is 1.58. The summed E-state index contributed by atoms with van der Waals surface area (Å²) in [5.74, 6) is -0.0398. The molecule has 0 saturated heterocycles. The Balaban J connectivity index is 3.08. The molecule has 0 aromatic carbocycles. The van der Waals surface area contributed by atoms with Crippen LogP contribution in [0.3, 0.4) is 0 Å². The molecule has 1 aromatic heterocycles. The van der Waals surface area contributed by atoms with E-state index in [0.717, 1.165) is 5.69 Å². The highest BCUT2D eigenvalue weighted by atomic mass is 16.4. The lowest BCUT2D eigenvalue weighted by atomic mass is 10.0. The van der Waals surface area contributed by atoms with Crippen LogP contribution in [0.2, 0.25) is 0 Å². The van der Waals surface area contributed by atoms with Gasteiger partial charge in [-0.1, -0.05) is 5.16 Å². The minimum Gasteiger partial charge on any atom is -0.409 e. The van der Waals surface area contributed by atoms with Gasteiger partial charge in [-0.15, -0.1) is 0 Å². The molecule has 1 heterocycles. The second-order valence-electron chi connectivity index (χ2n) is 4.41. The lowest BCUT2D eigenvalue weighted by Gasteiger charge is -2.35. The molecule has 0 unspecified atom stereocenters. The number of likely N-dealkylation sites (N-methyl/N-ethyl adjacent to an activating group) is 1. The van der Waals surface area contributed by atoms with Crippen LogP contribution < -0.4 is 10.6 Å². The number of nitrogens with zero attached hydrogens (tertiary/aromatic N) is 3. The van der Waals surface area contributed by atoms with Crippen LogP contribution in [0.15, 0.2) is 23.5 Å². The zero-order valence-electron chi connectivity index (χ0n) is 10.3. The van der Waals surface area contributed by atoms with E-state index >= 15 is 0 Å². The van der Waals surface area contributed by atoms with Gasteiger partial charge in [0.1, 0.15) is 5.69 Å². The number of nitrogens with two attached hydrogens (primary N) is 1. The van der Waals surface area contributed by atoms with Crippen molar-refractivity contribution in [3.63, 3.8) is 0 Å². The van der Waals surface area contributed by atoms with Crippen LogP contribution in [0.5, 0.6) is 0 Å². The number of pyridine rings is 1. The van der Waals surface area contributed by atoms with E-state index in [1.807, 2.05) is 25.8 Å². The van der Waals surface area contributed by atoms with Crippen molar-refractivity contribution in [3.05, 3.63) is 24.0 Å². The maximum Gasteiger partial charge on any atom is 0.188 e. The van der Waals surface area contributed by atoms with Crippen LogP contribution in [0.4, 0.5) is 5.69 Å². The highest BCUT2D eigenvalue weighted by molar-refractivity contribution is 5.95. The van der Waals surface area contributed by atoms with Gasteiger partial charge in [0, 0.05) is 18.9 Å². The van der Waals surface area contributed by atoms with Gasteiger partial charge >= 0.3 is 0 Å². The summed E-state index contributed by atoms with van der Waals surface area (Å²) in [5, 5.41) is 20.8. The molecule has 0 aliphatic carbocycles. The van der Waals surface area contributed by atoms with Crippen molar-refractivity contribution in [1.29, 1.82) is 0 Å². The fourth-order valence-corrected chi connectivity index (χ4v) is 1.27. The maximum atomic E-state index is 9.30. The lowest BCUT2D eigenvalue weighted by Crippen LogP contribution is -2.44. The van der Waals surface area contributed by atoms with Crippen LogP contribution in [0, 0.1) is 0 Å². The molecular formula is C11H18N4O2. The Morgan fingerprint density at radius 3 is 2.76 bits per heavy atom. The van der Waals surface area contributed by atoms with Crippen molar-refractivity contribution >= 4 is 11.5 Å². The molecule has 0 saturated carbocycles. The summed E-state index contributed by atoms with van der Waals surface area (Å²) in [4.78, 5) is 5.90. The van der Waals surface area contributed by atoms with E-state index in [-0.39, 0.29) is 12.4 Å². The summed E-state index contributed by atoms with van der Waals surface area (Å²) in [6, 6.07) is 3.50. The Morgan fingerprint density at radius 1 is 1.59 bits per heavy atom. The third-order valence-corrected chi connectivity index (χ3v) is 2.80. The van der Waals surface area contributed by atoms with E-state index in [9.17, 15) is 5.11 Å². The predicted octanol–water partition coefficient (Wildman–Crippen LogP) is 0.383. The minimum atomic E-state index is -0.399. The number of aliphatic hydroxyl groups is 1. The molecule has 0 aliphatic rings. The number of aliphatic hydroxyl groups excluding tert-OH is 1. The molecule has 17 heavy (non-hydrogen) atoms. The molecule has 0 fully saturated rings. The van der Waals surface area contributed by atoms with E-state index in [1.54, 1.807) is 18.3 Å². The third kappa shape index (κ3) is 2.85. The quantitative estimate of drug-likeness (QED) is 0.305. The summed E-state index contributed by atoms with van der Waals surface area (Å²) in [7, 11) is 1.86. The molecule has 1 rings (SSSR count). The van der Waals surface area contributed by atoms with Crippen LogP contribution in [-0.4, -0.2) is 40.3 Å². The Hall–Kier alpha value is -1.82. The average molecular weight is 238 g/mol. The van der Waals surface area contributed by atoms with Crippen molar-refractivity contribution in [2.24, 2.45) is 10.9 Å². The van der Waals surface area contributed by atoms with Crippen LogP contribution >= 0.6 is 0 Å². The zero-order valence-corrected chi connectivity index (χ0v) is 10.3. The summed E-state index contributed by atoms with van der Waals surface area (Å²) in [5.41, 5.74) is 6.30. The highest BCUT2D eigenvalue weighted by Gasteiger charge is 2.23. The van der Waals surface area contributed by atoms with Gasteiger partial charge in [-0.05, 0) is 26.0 Å². The Labute approximate surface area is 100 Å². The van der Waals surface area contributed by atoms with Crippen molar-refractivity contribution < 1.29 is 10.3 Å². The van der Waals surface area contributed by atoms with Crippen molar-refractivity contribution in [2.75, 3.05) is 18.6 Å². The fraction of sp³-hybridized carbons (Fsp3) is 0.455. The van der Waals surface area contributed by atoms with Gasteiger partial charge in [0.2, 0.25) is 0 Å². The number of oxime groups is 1. The molecule has 0 atom stereocenters. The van der Waals surface area contributed by atoms with Gasteiger partial charge in [0.05, 0.1) is 12.1 Å². The van der Waals surface area contributed by atoms with E-state index < -0.39 is 5.54 Å². The second-order valence-corrected chi connectivity index (χ2v) is 4.41. The van der Waals surface area contributed by atoms with Gasteiger partial charge in [-0.25, -0.2) is 0 Å². The lowest BCUT2D eigenvalue weighted by molar-refractivity contribution is 0.216. The Bertz CT molecular complexity index is 418. The molecule has 6 nitrogen and oxygen atoms in total. The van der Waals surface area contributed by atoms with E-state index in [2.05, 4.69) is 10.1 Å². The number of hydrogen-bond donors (Lipinski definition) is 3. The molecule has 0 bridgehead atoms. The first kappa shape index (κ1) is 13.2. The summed E-state index contributed by atoms with van der Waals surface area (Å²) in [6.45, 7) is 3.85. The first-order valence-electron chi connectivity index (χ1n) is 5.21. The predicted molar refractivity (Wildman–Crippen MR) is 66.3 cm³/mol. The molecular weight excluding hydrogens is 220 g/mol. The summed E-state index contributed by atoms with van der Waals surface area (Å²) < 4.78 is 0. The first-order valence-corrected chi connectivity index (χ1v) is 5.21. The topological polar surface area (TPSA) is 95.0 Å². The first-order chi connectivity index (χ1) is 7.92. The number of rotatable bonds is 4. The van der Waals surface area contributed by atoms with Crippen LogP contribution in [0.1, 0.15) is 19.5 Å². The van der Waals surface area contributed by atoms with Crippen LogP contribution in [0.25, 0.3) is 0 Å². The minimum absolute atomic E-state index is 0.0186. The zero-order chi connectivity index (χ0) is 13.1. The maximum absolute atomic E-state index is 9.30. The molecule has 0 spiro atoms. The molecule has 0 radical (unpaired) electrons. The average Bonchev–Trinajstić information content (AvgIpc) is 2.36. The Morgan fingerprint density at radius 2 is 2.24 bits per heavy atom. The van der Waals surface area contributed by atoms with Gasteiger partial charge in [-0.2, -0.15) is 0 Å². The SMILES string of the molecule is CN(c1ccnc(/C(N)=N/O)c1)C(C)(C)CO. The van der Waals surface area contributed by atoms with Crippen molar-refractivity contribution in [2.45, 2.75) is 19.4 Å². The second kappa shape index (κ2) is 5.01. The molecule has 6 heteroatoms. The van der Waals surface area contributed by atoms with Gasteiger partial charge in [0.15, 0.2) is 5.84 Å². The van der Waals surface area contributed by atoms with Gasteiger partial charge in [0.25, 0.3) is 0 Å². The largest absolute Gasteiger partial charge is 0.409 e. The van der Waals surface area contributed by atoms with E-state index in [0.29, 0.717) is 5.69 Å². The van der Waals surface area contributed by atoms with E-state index in [4.69, 9.17) is 10.9 Å². The van der Waals surface area contributed by atoms with Crippen molar-refractivity contribution in [1.82, 2.24) is 4.98 Å². The van der Waals surface area contributed by atoms with Gasteiger partial charge in [-0.3, -0.25) is 4.98 Å². The van der Waals surface area contributed by atoms with Crippen LogP contribution in [-0.2, 0) is 0 Å². The van der Waals surface area contributed by atoms with E-state index in [1.165, 1.54) is 0 Å². The number of anilines is 1. The smallest absolute Gasteiger partial charge is 0.188 e. The standard InChI is InChI=1S/C11H18N4O2/c1-11(2,7-16)15(3)8-4-5-13-9(6-8)10(12)14-17/h4-6,16-17H,7H2,1-3H3,(H2,12,14). The normalized spacial score (nSPS) is 12.6. The van der Waals surface area contributed by atoms with Crippen molar-refractivity contribution in [3.8, 4) is 0 Å². The highest BCUT2D eigenvalue weighted by Crippen LogP contribution is 2.21. The number of amidine groups is 1. The summed E-state index contributed by atoms with van der Waals surface area (Å²) >= 11 is 0. The fourth-order valence-electron chi connectivity index (χ4n) is 1.27. The Kier molecular flexibility index (Phi) is 3.90. The monoisotopic (exact) mass is 238 g/mol.